The van der Waals surface area contributed by atoms with Crippen LogP contribution in [0.1, 0.15) is 35.8 Å². The number of nitrogens with zero attached hydrogens (tertiary/aromatic N) is 6. The fourth-order valence-electron chi connectivity index (χ4n) is 4.80. The number of carbonyl (C=O) groups excluding carboxylic acids is 1. The van der Waals surface area contributed by atoms with Gasteiger partial charge in [0.1, 0.15) is 17.9 Å². The fourth-order valence-corrected chi connectivity index (χ4v) is 4.80. The summed E-state index contributed by atoms with van der Waals surface area (Å²) >= 11 is 0. The number of hydrogen-bond donors (Lipinski definition) is 1. The molecule has 1 aliphatic heterocycles. The number of ether oxygens (including phenoxy) is 1. The Balaban J connectivity index is 1.37. The summed E-state index contributed by atoms with van der Waals surface area (Å²) in [5.74, 6) is 2.46. The van der Waals surface area contributed by atoms with Gasteiger partial charge in [-0.1, -0.05) is 24.3 Å². The molecular formula is C29H35N7O2. The van der Waals surface area contributed by atoms with Crippen LogP contribution in [0, 0.1) is 0 Å². The fraction of sp³-hybridized carbons (Fsp3) is 0.379. The van der Waals surface area contributed by atoms with Crippen LogP contribution in [0.4, 0.5) is 5.82 Å². The van der Waals surface area contributed by atoms with Crippen molar-refractivity contribution < 1.29 is 9.53 Å². The molecule has 198 valence electrons. The van der Waals surface area contributed by atoms with Gasteiger partial charge in [0.2, 0.25) is 0 Å². The second kappa shape index (κ2) is 11.2. The molecule has 38 heavy (non-hydrogen) atoms. The number of aromatic nitrogens is 4. The molecule has 1 saturated heterocycles. The number of piperazine rings is 1. The number of likely N-dealkylation sites (N-methyl/N-ethyl adjacent to an activating group) is 1. The summed E-state index contributed by atoms with van der Waals surface area (Å²) < 4.78 is 7.37. The largest absolute Gasteiger partial charge is 0.497 e. The second-order valence-corrected chi connectivity index (χ2v) is 9.99. The quantitative estimate of drug-likeness (QED) is 0.379. The van der Waals surface area contributed by atoms with Gasteiger partial charge < -0.3 is 24.4 Å². The van der Waals surface area contributed by atoms with E-state index in [0.29, 0.717) is 17.9 Å². The summed E-state index contributed by atoms with van der Waals surface area (Å²) in [6.07, 6.45) is 2.43. The molecule has 3 heterocycles. The van der Waals surface area contributed by atoms with E-state index in [0.717, 1.165) is 60.9 Å². The highest BCUT2D eigenvalue weighted by atomic mass is 16.5. The van der Waals surface area contributed by atoms with E-state index in [-0.39, 0.29) is 11.9 Å². The first kappa shape index (κ1) is 25.7. The predicted molar refractivity (Wildman–Crippen MR) is 150 cm³/mol. The van der Waals surface area contributed by atoms with Crippen molar-refractivity contribution in [2.24, 2.45) is 0 Å². The van der Waals surface area contributed by atoms with Crippen LogP contribution in [0.5, 0.6) is 5.75 Å². The molecule has 0 saturated carbocycles. The normalized spacial score (nSPS) is 14.3. The van der Waals surface area contributed by atoms with Gasteiger partial charge in [-0.25, -0.2) is 15.0 Å². The lowest BCUT2D eigenvalue weighted by Gasteiger charge is -2.32. The number of imidazole rings is 1. The minimum absolute atomic E-state index is 0.0798. The number of benzene rings is 2. The lowest BCUT2D eigenvalue weighted by atomic mass is 10.1. The third-order valence-corrected chi connectivity index (χ3v) is 7.04. The average molecular weight is 514 g/mol. The number of anilines is 1. The lowest BCUT2D eigenvalue weighted by molar-refractivity contribution is 0.0664. The van der Waals surface area contributed by atoms with Crippen molar-refractivity contribution in [3.8, 4) is 17.1 Å². The number of methoxy groups -OCH3 is 1. The maximum atomic E-state index is 13.0. The predicted octanol–water partition coefficient (Wildman–Crippen LogP) is 4.13. The van der Waals surface area contributed by atoms with Crippen molar-refractivity contribution in [1.29, 1.82) is 0 Å². The molecule has 0 bridgehead atoms. The van der Waals surface area contributed by atoms with Gasteiger partial charge in [-0.05, 0) is 57.1 Å². The number of carbonyl (C=O) groups is 1. The minimum atomic E-state index is 0.0798. The zero-order chi connectivity index (χ0) is 26.6. The average Bonchev–Trinajstić information content (AvgIpc) is 3.34. The molecule has 1 fully saturated rings. The van der Waals surface area contributed by atoms with Crippen molar-refractivity contribution >= 4 is 22.9 Å². The summed E-state index contributed by atoms with van der Waals surface area (Å²) in [7, 11) is 3.76. The number of fused-ring (bicyclic) bond motifs is 1. The number of amides is 1. The maximum Gasteiger partial charge on any atom is 0.253 e. The Labute approximate surface area is 223 Å². The van der Waals surface area contributed by atoms with Gasteiger partial charge in [0.25, 0.3) is 5.91 Å². The molecule has 5 rings (SSSR count). The summed E-state index contributed by atoms with van der Waals surface area (Å²) in [4.78, 5) is 31.2. The van der Waals surface area contributed by atoms with E-state index in [4.69, 9.17) is 9.72 Å². The van der Waals surface area contributed by atoms with E-state index in [1.54, 1.807) is 13.4 Å². The molecule has 1 N–H and O–H groups in total. The molecule has 0 atom stereocenters. The van der Waals surface area contributed by atoms with Crippen molar-refractivity contribution in [3.63, 3.8) is 0 Å². The zero-order valence-electron chi connectivity index (χ0n) is 22.5. The standard InChI is InChI=1S/C29H35N7O2/c1-20(2)36-27(22-7-9-23(10-8-22)29(37)35-17-15-34(3)16-18-35)33-25-26(31-19-32-28(25)36)30-14-13-21-5-11-24(38-4)12-6-21/h5-12,19-20H,13-18H2,1-4H3,(H,30,31,32). The molecule has 4 aromatic rings. The molecule has 0 radical (unpaired) electrons. The van der Waals surface area contributed by atoms with Gasteiger partial charge in [-0.2, -0.15) is 0 Å². The summed E-state index contributed by atoms with van der Waals surface area (Å²) in [5.41, 5.74) is 4.38. The third kappa shape index (κ3) is 5.33. The molecule has 2 aromatic carbocycles. The van der Waals surface area contributed by atoms with Crippen LogP contribution in [-0.4, -0.2) is 82.1 Å². The highest BCUT2D eigenvalue weighted by Gasteiger charge is 2.22. The van der Waals surface area contributed by atoms with Gasteiger partial charge >= 0.3 is 0 Å². The van der Waals surface area contributed by atoms with Gasteiger partial charge in [-0.15, -0.1) is 0 Å². The summed E-state index contributed by atoms with van der Waals surface area (Å²) in [6.45, 7) is 8.27. The van der Waals surface area contributed by atoms with E-state index in [1.165, 1.54) is 5.56 Å². The van der Waals surface area contributed by atoms with Crippen LogP contribution in [0.2, 0.25) is 0 Å². The molecule has 0 spiro atoms. The Hall–Kier alpha value is -3.98. The van der Waals surface area contributed by atoms with Gasteiger partial charge in [0, 0.05) is 49.9 Å². The molecule has 0 aliphatic carbocycles. The number of nitrogens with one attached hydrogen (secondary N) is 1. The molecule has 1 aliphatic rings. The van der Waals surface area contributed by atoms with Crippen LogP contribution < -0.4 is 10.1 Å². The van der Waals surface area contributed by atoms with E-state index in [1.807, 2.05) is 41.3 Å². The smallest absolute Gasteiger partial charge is 0.253 e. The van der Waals surface area contributed by atoms with Crippen LogP contribution in [-0.2, 0) is 6.42 Å². The highest BCUT2D eigenvalue weighted by molar-refractivity contribution is 5.95. The number of rotatable bonds is 8. The summed E-state index contributed by atoms with van der Waals surface area (Å²) in [5, 5.41) is 3.45. The first-order valence-electron chi connectivity index (χ1n) is 13.1. The molecule has 2 aromatic heterocycles. The second-order valence-electron chi connectivity index (χ2n) is 9.99. The third-order valence-electron chi connectivity index (χ3n) is 7.04. The Bertz CT molecular complexity index is 1390. The van der Waals surface area contributed by atoms with Gasteiger partial charge in [0.05, 0.1) is 7.11 Å². The molecule has 9 heteroatoms. The SMILES string of the molecule is COc1ccc(CCNc2ncnc3c2nc(-c2ccc(C(=O)N4CCN(C)CC4)cc2)n3C(C)C)cc1. The first-order chi connectivity index (χ1) is 18.4. The van der Waals surface area contributed by atoms with Crippen LogP contribution in [0.15, 0.2) is 54.9 Å². The highest BCUT2D eigenvalue weighted by Crippen LogP contribution is 2.30. The van der Waals surface area contributed by atoms with E-state index < -0.39 is 0 Å². The van der Waals surface area contributed by atoms with Crippen molar-refractivity contribution in [2.45, 2.75) is 26.3 Å². The number of hydrogen-bond acceptors (Lipinski definition) is 7. The molecular weight excluding hydrogens is 478 g/mol. The van der Waals surface area contributed by atoms with Gasteiger partial charge in [-0.3, -0.25) is 4.79 Å². The monoisotopic (exact) mass is 513 g/mol. The van der Waals surface area contributed by atoms with Crippen molar-refractivity contribution in [3.05, 3.63) is 66.0 Å². The Kier molecular flexibility index (Phi) is 7.55. The Morgan fingerprint density at radius 2 is 1.71 bits per heavy atom. The molecule has 9 nitrogen and oxygen atoms in total. The lowest BCUT2D eigenvalue weighted by Crippen LogP contribution is -2.47. The Morgan fingerprint density at radius 1 is 1.00 bits per heavy atom. The van der Waals surface area contributed by atoms with Crippen molar-refractivity contribution in [2.75, 3.05) is 52.2 Å². The molecule has 0 unspecified atom stereocenters. The van der Waals surface area contributed by atoms with Crippen LogP contribution in [0.25, 0.3) is 22.6 Å². The van der Waals surface area contributed by atoms with E-state index >= 15 is 0 Å². The van der Waals surface area contributed by atoms with Crippen LogP contribution in [0.3, 0.4) is 0 Å². The van der Waals surface area contributed by atoms with Crippen molar-refractivity contribution in [1.82, 2.24) is 29.3 Å². The van der Waals surface area contributed by atoms with E-state index in [2.05, 4.69) is 57.8 Å². The van der Waals surface area contributed by atoms with E-state index in [9.17, 15) is 4.79 Å². The zero-order valence-corrected chi connectivity index (χ0v) is 22.5. The topological polar surface area (TPSA) is 88.4 Å². The van der Waals surface area contributed by atoms with Crippen LogP contribution >= 0.6 is 0 Å². The Morgan fingerprint density at radius 3 is 2.37 bits per heavy atom. The minimum Gasteiger partial charge on any atom is -0.497 e. The first-order valence-corrected chi connectivity index (χ1v) is 13.1. The van der Waals surface area contributed by atoms with Gasteiger partial charge in [0.15, 0.2) is 17.0 Å². The maximum absolute atomic E-state index is 13.0. The summed E-state index contributed by atoms with van der Waals surface area (Å²) in [6, 6.07) is 16.0. The molecule has 1 amide bonds.